The van der Waals surface area contributed by atoms with Gasteiger partial charge in [-0.2, -0.15) is 0 Å². The van der Waals surface area contributed by atoms with Gasteiger partial charge in [0, 0.05) is 19.1 Å². The van der Waals surface area contributed by atoms with Crippen molar-refractivity contribution in [2.24, 2.45) is 23.7 Å². The fourth-order valence-corrected chi connectivity index (χ4v) is 4.26. The van der Waals surface area contributed by atoms with E-state index in [1.54, 1.807) is 0 Å². The highest BCUT2D eigenvalue weighted by Crippen LogP contribution is 2.65. The summed E-state index contributed by atoms with van der Waals surface area (Å²) in [7, 11) is 0. The number of rotatable bonds is 5. The number of hydrogen-bond acceptors (Lipinski definition) is 3. The lowest BCUT2D eigenvalue weighted by molar-refractivity contribution is -0.139. The van der Waals surface area contributed by atoms with E-state index in [9.17, 15) is 9.59 Å². The highest BCUT2D eigenvalue weighted by molar-refractivity contribution is 5.82. The molecule has 6 heteroatoms. The van der Waals surface area contributed by atoms with Gasteiger partial charge >= 0.3 is 12.0 Å². The summed E-state index contributed by atoms with van der Waals surface area (Å²) in [5.74, 6) is 1.69. The van der Waals surface area contributed by atoms with Gasteiger partial charge in [0.1, 0.15) is 6.04 Å². The number of carbonyl (C=O) groups excluding carboxylic acids is 1. The molecule has 2 bridgehead atoms. The van der Waals surface area contributed by atoms with Gasteiger partial charge < -0.3 is 20.8 Å². The maximum atomic E-state index is 11.8. The summed E-state index contributed by atoms with van der Waals surface area (Å²) in [4.78, 5) is 22.7. The van der Waals surface area contributed by atoms with Gasteiger partial charge in [0.15, 0.2) is 0 Å². The molecule has 5 atom stereocenters. The third-order valence-corrected chi connectivity index (χ3v) is 5.05. The van der Waals surface area contributed by atoms with Crippen molar-refractivity contribution in [3.63, 3.8) is 0 Å². The van der Waals surface area contributed by atoms with E-state index in [4.69, 9.17) is 10.2 Å². The summed E-state index contributed by atoms with van der Waals surface area (Å²) in [6, 6.07) is -1.19. The first-order valence-electron chi connectivity index (χ1n) is 7.02. The van der Waals surface area contributed by atoms with Crippen LogP contribution in [-0.4, -0.2) is 40.9 Å². The molecular weight excluding hydrogens is 248 g/mol. The zero-order valence-electron chi connectivity index (χ0n) is 10.7. The van der Waals surface area contributed by atoms with Crippen LogP contribution in [0.5, 0.6) is 0 Å². The lowest BCUT2D eigenvalue weighted by Gasteiger charge is -2.15. The molecule has 3 aliphatic rings. The molecule has 106 valence electrons. The van der Waals surface area contributed by atoms with E-state index < -0.39 is 18.0 Å². The summed E-state index contributed by atoms with van der Waals surface area (Å²) in [5, 5.41) is 23.0. The molecule has 0 spiro atoms. The SMILES string of the molecule is O=C(NC(CCO)C(=O)O)NC1C2C3CCC(C3)C12. The predicted molar refractivity (Wildman–Crippen MR) is 66.4 cm³/mol. The molecule has 3 aliphatic carbocycles. The highest BCUT2D eigenvalue weighted by Gasteiger charge is 2.65. The van der Waals surface area contributed by atoms with Crippen LogP contribution in [-0.2, 0) is 4.79 Å². The zero-order valence-corrected chi connectivity index (χ0v) is 10.7. The van der Waals surface area contributed by atoms with Crippen molar-refractivity contribution in [2.45, 2.75) is 37.8 Å². The minimum atomic E-state index is -1.11. The largest absolute Gasteiger partial charge is 0.480 e. The fourth-order valence-electron chi connectivity index (χ4n) is 4.26. The van der Waals surface area contributed by atoms with Gasteiger partial charge in [-0.15, -0.1) is 0 Å². The smallest absolute Gasteiger partial charge is 0.326 e. The van der Waals surface area contributed by atoms with Crippen LogP contribution in [0, 0.1) is 23.7 Å². The number of amides is 2. The minimum Gasteiger partial charge on any atom is -0.480 e. The number of urea groups is 1. The van der Waals surface area contributed by atoms with Crippen LogP contribution in [0.15, 0.2) is 0 Å². The molecule has 3 rings (SSSR count). The molecule has 19 heavy (non-hydrogen) atoms. The Kier molecular flexibility index (Phi) is 3.12. The molecule has 3 saturated carbocycles. The molecular formula is C13H20N2O4. The maximum Gasteiger partial charge on any atom is 0.326 e. The van der Waals surface area contributed by atoms with Crippen molar-refractivity contribution < 1.29 is 19.8 Å². The van der Waals surface area contributed by atoms with E-state index >= 15 is 0 Å². The number of aliphatic hydroxyl groups excluding tert-OH is 1. The quantitative estimate of drug-likeness (QED) is 0.571. The van der Waals surface area contributed by atoms with E-state index in [-0.39, 0.29) is 19.1 Å². The van der Waals surface area contributed by atoms with Gasteiger partial charge in [0.25, 0.3) is 0 Å². The topological polar surface area (TPSA) is 98.7 Å². The molecule has 2 amide bonds. The van der Waals surface area contributed by atoms with Crippen LogP contribution < -0.4 is 10.6 Å². The Hall–Kier alpha value is -1.30. The number of fused-ring (bicyclic) bond motifs is 5. The Morgan fingerprint density at radius 3 is 2.37 bits per heavy atom. The van der Waals surface area contributed by atoms with Crippen molar-refractivity contribution >= 4 is 12.0 Å². The van der Waals surface area contributed by atoms with E-state index in [1.165, 1.54) is 19.3 Å². The average Bonchev–Trinajstić information content (AvgIpc) is 2.76. The van der Waals surface area contributed by atoms with Crippen molar-refractivity contribution in [1.29, 1.82) is 0 Å². The van der Waals surface area contributed by atoms with Crippen molar-refractivity contribution in [3.05, 3.63) is 0 Å². The molecule has 0 aliphatic heterocycles. The van der Waals surface area contributed by atoms with Crippen LogP contribution in [0.1, 0.15) is 25.7 Å². The number of hydrogen-bond donors (Lipinski definition) is 4. The minimum absolute atomic E-state index is 0.0333. The van der Waals surface area contributed by atoms with Gasteiger partial charge in [-0.1, -0.05) is 0 Å². The maximum absolute atomic E-state index is 11.8. The number of nitrogens with one attached hydrogen (secondary N) is 2. The summed E-state index contributed by atoms with van der Waals surface area (Å²) in [6.07, 6.45) is 3.92. The highest BCUT2D eigenvalue weighted by atomic mass is 16.4. The van der Waals surface area contributed by atoms with Gasteiger partial charge in [-0.05, 0) is 42.9 Å². The molecule has 0 aromatic rings. The average molecular weight is 268 g/mol. The number of aliphatic hydroxyl groups is 1. The Balaban J connectivity index is 1.49. The molecule has 0 aromatic heterocycles. The van der Waals surface area contributed by atoms with Gasteiger partial charge in [0.05, 0.1) is 0 Å². The second-order valence-electron chi connectivity index (χ2n) is 6.03. The summed E-state index contributed by atoms with van der Waals surface area (Å²) >= 11 is 0. The zero-order chi connectivity index (χ0) is 13.6. The Bertz CT molecular complexity index is 384. The normalized spacial score (nSPS) is 39.5. The second-order valence-corrected chi connectivity index (χ2v) is 6.03. The van der Waals surface area contributed by atoms with Crippen LogP contribution in [0.3, 0.4) is 0 Å². The number of carboxylic acids is 1. The van der Waals surface area contributed by atoms with E-state index in [0.29, 0.717) is 11.8 Å². The first kappa shape index (κ1) is 12.7. The molecule has 4 N–H and O–H groups in total. The van der Waals surface area contributed by atoms with Crippen molar-refractivity contribution in [2.75, 3.05) is 6.61 Å². The Labute approximate surface area is 111 Å². The van der Waals surface area contributed by atoms with Gasteiger partial charge in [0.2, 0.25) is 0 Å². The standard InChI is InChI=1S/C13H20N2O4/c16-4-3-8(12(17)18)14-13(19)15-11-9-6-1-2-7(5-6)10(9)11/h6-11,16H,1-5H2,(H,17,18)(H2,14,15,19). The molecule has 0 radical (unpaired) electrons. The summed E-state index contributed by atoms with van der Waals surface area (Å²) in [5.41, 5.74) is 0. The first-order valence-corrected chi connectivity index (χ1v) is 7.02. The number of carboxylic acid groups (broad SMARTS) is 1. The molecule has 0 heterocycles. The first-order chi connectivity index (χ1) is 9.11. The molecule has 3 fully saturated rings. The van der Waals surface area contributed by atoms with Crippen molar-refractivity contribution in [3.8, 4) is 0 Å². The van der Waals surface area contributed by atoms with E-state index in [0.717, 1.165) is 11.8 Å². The van der Waals surface area contributed by atoms with Crippen LogP contribution in [0.4, 0.5) is 4.79 Å². The molecule has 0 saturated heterocycles. The summed E-state index contributed by atoms with van der Waals surface area (Å²) < 4.78 is 0. The second kappa shape index (κ2) is 4.67. The molecule has 6 nitrogen and oxygen atoms in total. The van der Waals surface area contributed by atoms with Crippen molar-refractivity contribution in [1.82, 2.24) is 10.6 Å². The third-order valence-electron chi connectivity index (χ3n) is 5.05. The van der Waals surface area contributed by atoms with E-state index in [2.05, 4.69) is 10.6 Å². The Morgan fingerprint density at radius 2 is 1.84 bits per heavy atom. The lowest BCUT2D eigenvalue weighted by atomic mass is 10.0. The van der Waals surface area contributed by atoms with E-state index in [1.807, 2.05) is 0 Å². The Morgan fingerprint density at radius 1 is 1.21 bits per heavy atom. The number of carbonyl (C=O) groups is 2. The van der Waals surface area contributed by atoms with Crippen LogP contribution in [0.25, 0.3) is 0 Å². The lowest BCUT2D eigenvalue weighted by Crippen LogP contribution is -2.47. The van der Waals surface area contributed by atoms with Crippen LogP contribution >= 0.6 is 0 Å². The third kappa shape index (κ3) is 2.18. The monoisotopic (exact) mass is 268 g/mol. The van der Waals surface area contributed by atoms with Crippen LogP contribution in [0.2, 0.25) is 0 Å². The molecule has 0 aromatic carbocycles. The summed E-state index contributed by atoms with van der Waals surface area (Å²) in [6.45, 7) is -0.254. The molecule has 5 unspecified atom stereocenters. The van der Waals surface area contributed by atoms with Gasteiger partial charge in [-0.3, -0.25) is 0 Å². The predicted octanol–water partition coefficient (Wildman–Crippen LogP) is 0.166. The fraction of sp³-hybridized carbons (Fsp3) is 0.846. The number of aliphatic carboxylic acids is 1. The van der Waals surface area contributed by atoms with Gasteiger partial charge in [-0.25, -0.2) is 9.59 Å².